The molecule has 2 aromatic rings. The summed E-state index contributed by atoms with van der Waals surface area (Å²) in [6, 6.07) is 12.4. The quantitative estimate of drug-likeness (QED) is 0.869. The Labute approximate surface area is 107 Å². The van der Waals surface area contributed by atoms with Crippen molar-refractivity contribution in [1.82, 2.24) is 15.1 Å². The predicted octanol–water partition coefficient (Wildman–Crippen LogP) is 1.67. The lowest BCUT2D eigenvalue weighted by Crippen LogP contribution is -2.29. The number of nitrogens with one attached hydrogen (secondary N) is 1. The van der Waals surface area contributed by atoms with Crippen LogP contribution >= 0.6 is 0 Å². The molecule has 0 spiro atoms. The number of aromatic nitrogens is 2. The Morgan fingerprint density at radius 2 is 1.89 bits per heavy atom. The summed E-state index contributed by atoms with van der Waals surface area (Å²) in [7, 11) is 0. The molecule has 0 saturated carbocycles. The van der Waals surface area contributed by atoms with Gasteiger partial charge in [0.1, 0.15) is 5.82 Å². The fourth-order valence-electron chi connectivity index (χ4n) is 2.38. The van der Waals surface area contributed by atoms with Gasteiger partial charge in [0, 0.05) is 25.7 Å². The normalized spacial score (nSPS) is 16.6. The predicted molar refractivity (Wildman–Crippen MR) is 73.3 cm³/mol. The van der Waals surface area contributed by atoms with Crippen LogP contribution < -0.4 is 10.2 Å². The van der Waals surface area contributed by atoms with Crippen molar-refractivity contribution < 1.29 is 0 Å². The van der Waals surface area contributed by atoms with Gasteiger partial charge in [-0.3, -0.25) is 0 Å². The molecular weight excluding hydrogens is 224 g/mol. The zero-order valence-corrected chi connectivity index (χ0v) is 10.4. The van der Waals surface area contributed by atoms with Gasteiger partial charge in [-0.1, -0.05) is 18.2 Å². The highest BCUT2D eigenvalue weighted by Gasteiger charge is 2.14. The van der Waals surface area contributed by atoms with Crippen molar-refractivity contribution in [3.63, 3.8) is 0 Å². The second-order valence-electron chi connectivity index (χ2n) is 4.53. The minimum Gasteiger partial charge on any atom is -0.355 e. The first-order valence-corrected chi connectivity index (χ1v) is 6.50. The third-order valence-electron chi connectivity index (χ3n) is 3.29. The van der Waals surface area contributed by atoms with E-state index in [2.05, 4.69) is 33.5 Å². The first kappa shape index (κ1) is 11.3. The van der Waals surface area contributed by atoms with Gasteiger partial charge in [0.25, 0.3) is 0 Å². The number of hydrogen-bond donors (Lipinski definition) is 1. The molecule has 18 heavy (non-hydrogen) atoms. The Morgan fingerprint density at radius 3 is 2.78 bits per heavy atom. The molecule has 1 fully saturated rings. The summed E-state index contributed by atoms with van der Waals surface area (Å²) < 4.78 is 2.02. The molecule has 1 aliphatic rings. The molecule has 3 rings (SSSR count). The summed E-state index contributed by atoms with van der Waals surface area (Å²) in [5, 5.41) is 7.87. The van der Waals surface area contributed by atoms with Crippen LogP contribution in [0.4, 0.5) is 5.82 Å². The zero-order valence-electron chi connectivity index (χ0n) is 10.4. The van der Waals surface area contributed by atoms with Crippen molar-refractivity contribution >= 4 is 5.82 Å². The summed E-state index contributed by atoms with van der Waals surface area (Å²) in [5.74, 6) is 1.19. The van der Waals surface area contributed by atoms with E-state index in [9.17, 15) is 0 Å². The first-order chi connectivity index (χ1) is 8.95. The fourth-order valence-corrected chi connectivity index (χ4v) is 2.38. The third kappa shape index (κ3) is 2.24. The Hall–Kier alpha value is -1.81. The van der Waals surface area contributed by atoms with E-state index < -0.39 is 0 Å². The van der Waals surface area contributed by atoms with Gasteiger partial charge in [-0.25, -0.2) is 4.68 Å². The van der Waals surface area contributed by atoms with Crippen LogP contribution in [0.15, 0.2) is 42.6 Å². The summed E-state index contributed by atoms with van der Waals surface area (Å²) in [6.07, 6.45) is 3.06. The topological polar surface area (TPSA) is 33.1 Å². The number of anilines is 1. The van der Waals surface area contributed by atoms with Crippen LogP contribution in [-0.2, 0) is 0 Å². The average molecular weight is 242 g/mol. The zero-order chi connectivity index (χ0) is 12.2. The lowest BCUT2D eigenvalue weighted by atomic mass is 10.3. The maximum Gasteiger partial charge on any atom is 0.132 e. The van der Waals surface area contributed by atoms with E-state index in [0.29, 0.717) is 0 Å². The average Bonchev–Trinajstić information content (AvgIpc) is 2.75. The van der Waals surface area contributed by atoms with Gasteiger partial charge in [0.2, 0.25) is 0 Å². The van der Waals surface area contributed by atoms with E-state index in [1.54, 1.807) is 0 Å². The monoisotopic (exact) mass is 242 g/mol. The van der Waals surface area contributed by atoms with Crippen molar-refractivity contribution in [1.29, 1.82) is 0 Å². The highest BCUT2D eigenvalue weighted by Crippen LogP contribution is 2.19. The molecule has 0 amide bonds. The van der Waals surface area contributed by atoms with Gasteiger partial charge in [-0.05, 0) is 25.1 Å². The van der Waals surface area contributed by atoms with Gasteiger partial charge < -0.3 is 10.2 Å². The Balaban J connectivity index is 1.91. The van der Waals surface area contributed by atoms with E-state index in [4.69, 9.17) is 0 Å². The number of rotatable bonds is 2. The lowest BCUT2D eigenvalue weighted by molar-refractivity contribution is 0.724. The van der Waals surface area contributed by atoms with Crippen molar-refractivity contribution in [3.05, 3.63) is 42.6 Å². The molecule has 0 bridgehead atoms. The van der Waals surface area contributed by atoms with E-state index in [1.807, 2.05) is 29.1 Å². The summed E-state index contributed by atoms with van der Waals surface area (Å²) in [6.45, 7) is 4.28. The van der Waals surface area contributed by atoms with Crippen molar-refractivity contribution in [2.24, 2.45) is 0 Å². The Kier molecular flexibility index (Phi) is 3.28. The van der Waals surface area contributed by atoms with E-state index in [1.165, 1.54) is 12.2 Å². The highest BCUT2D eigenvalue weighted by molar-refractivity contribution is 5.46. The van der Waals surface area contributed by atoms with Crippen molar-refractivity contribution in [2.45, 2.75) is 6.42 Å². The van der Waals surface area contributed by atoms with Gasteiger partial charge in [0.15, 0.2) is 0 Å². The molecule has 1 aromatic carbocycles. The van der Waals surface area contributed by atoms with Crippen LogP contribution in [0.25, 0.3) is 5.69 Å². The fraction of sp³-hybridized carbons (Fsp3) is 0.357. The molecule has 94 valence electrons. The molecule has 0 unspecified atom stereocenters. The van der Waals surface area contributed by atoms with Crippen LogP contribution in [0.5, 0.6) is 0 Å². The van der Waals surface area contributed by atoms with Gasteiger partial charge >= 0.3 is 0 Å². The van der Waals surface area contributed by atoms with Crippen LogP contribution in [0.3, 0.4) is 0 Å². The van der Waals surface area contributed by atoms with E-state index >= 15 is 0 Å². The number of nitrogens with zero attached hydrogens (tertiary/aromatic N) is 3. The Morgan fingerprint density at radius 1 is 1.00 bits per heavy atom. The van der Waals surface area contributed by atoms with Crippen LogP contribution in [0, 0.1) is 0 Å². The van der Waals surface area contributed by atoms with Gasteiger partial charge in [0.05, 0.1) is 11.9 Å². The highest BCUT2D eigenvalue weighted by atomic mass is 15.4. The molecule has 0 radical (unpaired) electrons. The molecule has 1 saturated heterocycles. The SMILES string of the molecule is c1ccc(-n2nccc2N2CCCNCC2)cc1. The molecule has 4 nitrogen and oxygen atoms in total. The smallest absolute Gasteiger partial charge is 0.132 e. The number of para-hydroxylation sites is 1. The van der Waals surface area contributed by atoms with Crippen LogP contribution in [0.2, 0.25) is 0 Å². The first-order valence-electron chi connectivity index (χ1n) is 6.50. The molecule has 1 N–H and O–H groups in total. The maximum atomic E-state index is 4.45. The standard InChI is InChI=1S/C14H18N4/c1-2-5-13(6-3-1)18-14(7-9-16-18)17-11-4-8-15-10-12-17/h1-3,5-7,9,15H,4,8,10-12H2. The van der Waals surface area contributed by atoms with Gasteiger partial charge in [-0.15, -0.1) is 0 Å². The molecule has 2 heterocycles. The minimum absolute atomic E-state index is 1.04. The van der Waals surface area contributed by atoms with Crippen LogP contribution in [-0.4, -0.2) is 36.0 Å². The third-order valence-corrected chi connectivity index (χ3v) is 3.29. The summed E-state index contributed by atoms with van der Waals surface area (Å²) in [4.78, 5) is 2.40. The van der Waals surface area contributed by atoms with E-state index in [0.717, 1.165) is 31.9 Å². The summed E-state index contributed by atoms with van der Waals surface area (Å²) in [5.41, 5.74) is 1.12. The molecule has 1 aromatic heterocycles. The number of benzene rings is 1. The molecule has 0 aliphatic carbocycles. The molecule has 1 aliphatic heterocycles. The van der Waals surface area contributed by atoms with Crippen molar-refractivity contribution in [2.75, 3.05) is 31.1 Å². The lowest BCUT2D eigenvalue weighted by Gasteiger charge is -2.22. The maximum absolute atomic E-state index is 4.45. The largest absolute Gasteiger partial charge is 0.355 e. The van der Waals surface area contributed by atoms with Crippen LogP contribution in [0.1, 0.15) is 6.42 Å². The Bertz CT molecular complexity index is 484. The summed E-state index contributed by atoms with van der Waals surface area (Å²) >= 11 is 0. The molecular formula is C14H18N4. The van der Waals surface area contributed by atoms with E-state index in [-0.39, 0.29) is 0 Å². The number of hydrogen-bond acceptors (Lipinski definition) is 3. The molecule has 4 heteroatoms. The molecule has 0 atom stereocenters. The minimum atomic E-state index is 1.04. The second kappa shape index (κ2) is 5.23. The van der Waals surface area contributed by atoms with Crippen molar-refractivity contribution in [3.8, 4) is 5.69 Å². The van der Waals surface area contributed by atoms with Gasteiger partial charge in [-0.2, -0.15) is 5.10 Å². The second-order valence-corrected chi connectivity index (χ2v) is 4.53.